The fraction of sp³-hybridized carbons (Fsp3) is 0.148. The van der Waals surface area contributed by atoms with Gasteiger partial charge in [0.15, 0.2) is 31.5 Å². The number of benzene rings is 3. The Bertz CT molecular complexity index is 2760. The van der Waals surface area contributed by atoms with E-state index >= 15 is 0 Å². The van der Waals surface area contributed by atoms with Crippen molar-refractivity contribution in [1.29, 1.82) is 0 Å². The minimum Gasteiger partial charge on any atom is -0.324 e. The third-order valence-corrected chi connectivity index (χ3v) is 11.1. The lowest BCUT2D eigenvalue weighted by molar-refractivity contribution is -0.117. The van der Waals surface area contributed by atoms with E-state index in [2.05, 4.69) is 45.1 Å². The topological polar surface area (TPSA) is 327 Å². The maximum Gasteiger partial charge on any atom is 0.397 e. The number of sulfone groups is 1. The van der Waals surface area contributed by atoms with Gasteiger partial charge in [-0.3, -0.25) is 18.5 Å². The Balaban J connectivity index is 1.29. The number of rotatable bonds is 14. The molecule has 0 spiro atoms. The van der Waals surface area contributed by atoms with Crippen LogP contribution in [0.25, 0.3) is 0 Å². The van der Waals surface area contributed by atoms with Crippen LogP contribution in [0.4, 0.5) is 43.4 Å². The zero-order valence-corrected chi connectivity index (χ0v) is 31.5. The first kappa shape index (κ1) is 42.0. The zero-order chi connectivity index (χ0) is 41.4. The fourth-order valence-electron chi connectivity index (χ4n) is 4.66. The number of carbonyl (C=O) groups excluding carboxylic acids is 1. The van der Waals surface area contributed by atoms with Gasteiger partial charge >= 0.3 is 10.4 Å². The number of hydrogen-bond acceptors (Lipinski definition) is 18. The molecule has 5 rings (SSSR count). The molecule has 0 fully saturated rings. The first-order chi connectivity index (χ1) is 25.9. The summed E-state index contributed by atoms with van der Waals surface area (Å²) in [5.41, 5.74) is -0.595. The van der Waals surface area contributed by atoms with Crippen molar-refractivity contribution in [2.75, 3.05) is 28.0 Å². The van der Waals surface area contributed by atoms with Crippen molar-refractivity contribution in [2.45, 2.75) is 27.7 Å². The first-order valence-corrected chi connectivity index (χ1v) is 21.0. The molecule has 1 atom stereocenters. The third kappa shape index (κ3) is 9.96. The van der Waals surface area contributed by atoms with E-state index < -0.39 is 91.9 Å². The van der Waals surface area contributed by atoms with E-state index in [9.17, 15) is 51.8 Å². The summed E-state index contributed by atoms with van der Waals surface area (Å²) in [6.07, 6.45) is 0. The quantitative estimate of drug-likeness (QED) is 0.0896. The minimum absolute atomic E-state index is 0.0287. The molecule has 3 aromatic carbocycles. The van der Waals surface area contributed by atoms with Crippen molar-refractivity contribution < 1.29 is 65.1 Å². The van der Waals surface area contributed by atoms with Gasteiger partial charge in [0.1, 0.15) is 11.5 Å². The second kappa shape index (κ2) is 15.7. The van der Waals surface area contributed by atoms with E-state index in [-0.39, 0.29) is 45.2 Å². The number of hydrogen-bond donors (Lipinski definition) is 5. The molecule has 2 heterocycles. The molecule has 0 saturated carbocycles. The van der Waals surface area contributed by atoms with E-state index in [1.165, 1.54) is 55.5 Å². The number of nitrogens with one attached hydrogen (secondary N) is 2. The zero-order valence-electron chi connectivity index (χ0n) is 27.5. The van der Waals surface area contributed by atoms with E-state index in [0.29, 0.717) is 5.69 Å². The number of hydrazone groups is 1. The maximum absolute atomic E-state index is 14.7. The van der Waals surface area contributed by atoms with Gasteiger partial charge in [-0.05, 0) is 61.0 Å². The second-order valence-electron chi connectivity index (χ2n) is 11.0. The molecule has 0 bridgehead atoms. The van der Waals surface area contributed by atoms with Crippen LogP contribution >= 0.6 is 11.6 Å². The second-order valence-corrected chi connectivity index (χ2v) is 17.2. The highest BCUT2D eigenvalue weighted by Gasteiger charge is 2.36. The van der Waals surface area contributed by atoms with Gasteiger partial charge < -0.3 is 10.6 Å². The average molecular weight is 882 g/mol. The molecule has 1 aliphatic rings. The molecule has 0 radical (unpaired) electrons. The van der Waals surface area contributed by atoms with Crippen LogP contribution in [0.2, 0.25) is 5.28 Å². The van der Waals surface area contributed by atoms with Crippen molar-refractivity contribution >= 4 is 98.3 Å². The summed E-state index contributed by atoms with van der Waals surface area (Å²) in [7, 11) is -20.2. The lowest BCUT2D eigenvalue weighted by atomic mass is 10.2. The summed E-state index contributed by atoms with van der Waals surface area (Å²) < 4.78 is 154. The van der Waals surface area contributed by atoms with Gasteiger partial charge in [-0.15, -0.1) is 0 Å². The SMILES string of the molecule is CC1=NN(c2ccc(Nc3nc(Cl)nc(Nc4cccc(S(=O)(=O)CCOS(=O)(=O)O)c4)n3)cc2)C(=O)C1N=Nc1cc(F)c(S(=O)(=O)O)c(F)c1S(=O)(=O)O. The molecular formula is C27H22ClF2N9O13S4. The van der Waals surface area contributed by atoms with Crippen LogP contribution in [0.5, 0.6) is 0 Å². The predicted octanol–water partition coefficient (Wildman–Crippen LogP) is 3.25. The van der Waals surface area contributed by atoms with E-state index in [1.54, 1.807) is 0 Å². The van der Waals surface area contributed by atoms with Crippen molar-refractivity contribution in [1.82, 2.24) is 15.0 Å². The highest BCUT2D eigenvalue weighted by Crippen LogP contribution is 2.35. The Kier molecular flexibility index (Phi) is 11.8. The van der Waals surface area contributed by atoms with Crippen molar-refractivity contribution in [3.05, 3.63) is 71.5 Å². The van der Waals surface area contributed by atoms with Crippen molar-refractivity contribution in [3.8, 4) is 0 Å². The molecule has 1 unspecified atom stereocenters. The van der Waals surface area contributed by atoms with Crippen LogP contribution in [0.15, 0.2) is 84.6 Å². The Hall–Kier alpha value is -5.20. The lowest BCUT2D eigenvalue weighted by Gasteiger charge is -2.14. The molecular weight excluding hydrogens is 860 g/mol. The Morgan fingerprint density at radius 1 is 0.857 bits per heavy atom. The van der Waals surface area contributed by atoms with Gasteiger partial charge in [0.05, 0.1) is 28.7 Å². The van der Waals surface area contributed by atoms with E-state index in [0.717, 1.165) is 5.01 Å². The molecule has 4 aromatic rings. The smallest absolute Gasteiger partial charge is 0.324 e. The van der Waals surface area contributed by atoms with Crippen LogP contribution in [0.1, 0.15) is 6.92 Å². The number of halogens is 3. The molecule has 29 heteroatoms. The van der Waals surface area contributed by atoms with Crippen molar-refractivity contribution in [3.63, 3.8) is 0 Å². The number of aromatic nitrogens is 3. The van der Waals surface area contributed by atoms with Gasteiger partial charge in [0.25, 0.3) is 26.1 Å². The van der Waals surface area contributed by atoms with Crippen LogP contribution < -0.4 is 15.6 Å². The third-order valence-electron chi connectivity index (χ3n) is 7.01. The highest BCUT2D eigenvalue weighted by molar-refractivity contribution is 7.91. The van der Waals surface area contributed by atoms with Crippen LogP contribution in [0.3, 0.4) is 0 Å². The summed E-state index contributed by atoms with van der Waals surface area (Å²) in [4.78, 5) is 21.2. The monoisotopic (exact) mass is 881 g/mol. The molecule has 1 aliphatic heterocycles. The van der Waals surface area contributed by atoms with Gasteiger partial charge in [-0.25, -0.2) is 21.4 Å². The molecule has 1 aromatic heterocycles. The number of carbonyl (C=O) groups is 1. The van der Waals surface area contributed by atoms with Gasteiger partial charge in [0.2, 0.25) is 17.2 Å². The largest absolute Gasteiger partial charge is 0.397 e. The van der Waals surface area contributed by atoms with Gasteiger partial charge in [0, 0.05) is 17.4 Å². The average Bonchev–Trinajstić information content (AvgIpc) is 3.34. The number of anilines is 5. The standard InChI is InChI=1S/C27H22ClF2N9O13S4/c1-13-21(37-36-19-12-18(29)22(54(43,44)45)20(30)23(19)55(46,47)48)24(40)39(38-13)16-7-5-14(6-8-16)31-26-33-25(28)34-27(35-26)32-15-3-2-4-17(11-15)53(41,42)10-9-52-56(49,50)51/h2-8,11-12,21H,9-10H2,1H3,(H,43,44,45)(H,46,47,48)(H,49,50,51)(H2,31,32,33,34,35). The predicted molar refractivity (Wildman–Crippen MR) is 189 cm³/mol. The number of nitrogens with zero attached hydrogens (tertiary/aromatic N) is 7. The Labute approximate surface area is 319 Å². The summed E-state index contributed by atoms with van der Waals surface area (Å²) in [5, 5.41) is 17.2. The molecule has 0 aliphatic carbocycles. The first-order valence-electron chi connectivity index (χ1n) is 14.7. The minimum atomic E-state index is -5.64. The molecule has 0 saturated heterocycles. The maximum atomic E-state index is 14.7. The lowest BCUT2D eigenvalue weighted by Crippen LogP contribution is -2.29. The van der Waals surface area contributed by atoms with Crippen LogP contribution in [-0.4, -0.2) is 92.3 Å². The Morgan fingerprint density at radius 2 is 1.46 bits per heavy atom. The molecule has 5 N–H and O–H groups in total. The van der Waals surface area contributed by atoms with Gasteiger partial charge in [-0.2, -0.15) is 60.5 Å². The summed E-state index contributed by atoms with van der Waals surface area (Å²) in [6.45, 7) is 0.486. The van der Waals surface area contributed by atoms with Crippen molar-refractivity contribution in [2.24, 2.45) is 15.3 Å². The number of amides is 1. The highest BCUT2D eigenvalue weighted by atomic mass is 35.5. The Morgan fingerprint density at radius 3 is 2.05 bits per heavy atom. The summed E-state index contributed by atoms with van der Waals surface area (Å²) in [5.74, 6) is -6.22. The van der Waals surface area contributed by atoms with E-state index in [4.69, 9.17) is 20.7 Å². The normalized spacial score (nSPS) is 15.3. The van der Waals surface area contributed by atoms with Gasteiger partial charge in [-0.1, -0.05) is 6.07 Å². The summed E-state index contributed by atoms with van der Waals surface area (Å²) >= 11 is 6.06. The molecule has 22 nitrogen and oxygen atoms in total. The van der Waals surface area contributed by atoms with Crippen LogP contribution in [0, 0.1) is 11.6 Å². The van der Waals surface area contributed by atoms with Crippen LogP contribution in [-0.2, 0) is 49.5 Å². The molecule has 298 valence electrons. The number of azo groups is 1. The van der Waals surface area contributed by atoms with E-state index in [1.807, 2.05) is 0 Å². The fourth-order valence-corrected chi connectivity index (χ4v) is 7.74. The molecule has 56 heavy (non-hydrogen) atoms. The summed E-state index contributed by atoms with van der Waals surface area (Å²) in [6, 6.07) is 9.47. The molecule has 1 amide bonds.